The van der Waals surface area contributed by atoms with Crippen LogP contribution >= 0.6 is 0 Å². The lowest BCUT2D eigenvalue weighted by Crippen LogP contribution is -2.42. The molecule has 1 saturated heterocycles. The molecule has 0 spiro atoms. The Bertz CT molecular complexity index is 450. The van der Waals surface area contributed by atoms with Crippen LogP contribution in [0.2, 0.25) is 0 Å². The van der Waals surface area contributed by atoms with Crippen LogP contribution in [0.4, 0.5) is 4.79 Å². The summed E-state index contributed by atoms with van der Waals surface area (Å²) in [6.07, 6.45) is 4.06. The molecular formula is C18H28N2O2. The summed E-state index contributed by atoms with van der Waals surface area (Å²) in [5.41, 5.74) is 1.17. The Morgan fingerprint density at radius 3 is 2.82 bits per heavy atom. The number of hydrogen-bond acceptors (Lipinski definition) is 2. The molecule has 2 N–H and O–H groups in total. The first kappa shape index (κ1) is 16.8. The number of aliphatic hydroxyl groups is 1. The van der Waals surface area contributed by atoms with Crippen LogP contribution in [0.3, 0.4) is 0 Å². The third-order valence-electron chi connectivity index (χ3n) is 4.55. The van der Waals surface area contributed by atoms with Crippen LogP contribution in [0, 0.1) is 5.92 Å². The third-order valence-corrected chi connectivity index (χ3v) is 4.55. The normalized spacial score (nSPS) is 20.3. The highest BCUT2D eigenvalue weighted by Crippen LogP contribution is 2.19. The minimum Gasteiger partial charge on any atom is -0.396 e. The number of benzene rings is 1. The van der Waals surface area contributed by atoms with Gasteiger partial charge in [0.05, 0.1) is 0 Å². The van der Waals surface area contributed by atoms with Gasteiger partial charge >= 0.3 is 6.03 Å². The summed E-state index contributed by atoms with van der Waals surface area (Å²) in [6, 6.07) is 10.1. The highest BCUT2D eigenvalue weighted by molar-refractivity contribution is 5.74. The van der Waals surface area contributed by atoms with Crippen molar-refractivity contribution in [1.82, 2.24) is 10.2 Å². The molecule has 1 aromatic carbocycles. The van der Waals surface area contributed by atoms with E-state index in [1.54, 1.807) is 0 Å². The van der Waals surface area contributed by atoms with Crippen molar-refractivity contribution in [3.8, 4) is 0 Å². The maximum Gasteiger partial charge on any atom is 0.317 e. The zero-order chi connectivity index (χ0) is 15.8. The molecule has 0 bridgehead atoms. The number of nitrogens with one attached hydrogen (secondary N) is 1. The van der Waals surface area contributed by atoms with E-state index < -0.39 is 0 Å². The molecule has 1 aromatic rings. The minimum atomic E-state index is 0.0352. The fourth-order valence-corrected chi connectivity index (χ4v) is 3.06. The van der Waals surface area contributed by atoms with E-state index in [9.17, 15) is 9.90 Å². The third kappa shape index (κ3) is 5.02. The zero-order valence-corrected chi connectivity index (χ0v) is 13.5. The Hall–Kier alpha value is -1.55. The average molecular weight is 304 g/mol. The molecule has 1 heterocycles. The quantitative estimate of drug-likeness (QED) is 0.878. The molecule has 4 nitrogen and oxygen atoms in total. The van der Waals surface area contributed by atoms with Crippen molar-refractivity contribution in [2.24, 2.45) is 5.92 Å². The van der Waals surface area contributed by atoms with Crippen LogP contribution in [0.1, 0.15) is 44.1 Å². The van der Waals surface area contributed by atoms with Gasteiger partial charge < -0.3 is 15.3 Å². The van der Waals surface area contributed by atoms with E-state index in [2.05, 4.69) is 24.4 Å². The lowest BCUT2D eigenvalue weighted by Gasteiger charge is -2.23. The van der Waals surface area contributed by atoms with Crippen LogP contribution < -0.4 is 5.32 Å². The van der Waals surface area contributed by atoms with Gasteiger partial charge in [0.15, 0.2) is 0 Å². The molecule has 122 valence electrons. The van der Waals surface area contributed by atoms with Gasteiger partial charge in [-0.25, -0.2) is 4.79 Å². The van der Waals surface area contributed by atoms with Gasteiger partial charge in [-0.15, -0.1) is 0 Å². The maximum atomic E-state index is 12.3. The average Bonchev–Trinajstić information content (AvgIpc) is 2.76. The Labute approximate surface area is 133 Å². The summed E-state index contributed by atoms with van der Waals surface area (Å²) in [5, 5.41) is 12.3. The second-order valence-electron chi connectivity index (χ2n) is 6.33. The molecule has 2 unspecified atom stereocenters. The molecule has 1 aliphatic heterocycles. The zero-order valence-electron chi connectivity index (χ0n) is 13.5. The molecule has 1 aliphatic rings. The van der Waals surface area contributed by atoms with E-state index in [0.29, 0.717) is 18.9 Å². The predicted molar refractivity (Wildman–Crippen MR) is 88.9 cm³/mol. The van der Waals surface area contributed by atoms with Gasteiger partial charge in [-0.2, -0.15) is 0 Å². The second-order valence-corrected chi connectivity index (χ2v) is 6.33. The number of carbonyl (C=O) groups is 1. The SMILES string of the molecule is CC1CCCN(C(=O)NCC(CCO)c2ccccc2)CC1. The predicted octanol–water partition coefficient (Wildman–Crippen LogP) is 2.98. The molecule has 2 amide bonds. The molecule has 0 aliphatic carbocycles. The molecule has 0 aromatic heterocycles. The van der Waals surface area contributed by atoms with E-state index >= 15 is 0 Å². The first-order valence-corrected chi connectivity index (χ1v) is 8.39. The van der Waals surface area contributed by atoms with Crippen LogP contribution in [0.5, 0.6) is 0 Å². The number of rotatable bonds is 5. The molecule has 22 heavy (non-hydrogen) atoms. The van der Waals surface area contributed by atoms with Crippen molar-refractivity contribution < 1.29 is 9.90 Å². The molecule has 2 atom stereocenters. The fraction of sp³-hybridized carbons (Fsp3) is 0.611. The van der Waals surface area contributed by atoms with Crippen LogP contribution in [-0.2, 0) is 0 Å². The van der Waals surface area contributed by atoms with Crippen molar-refractivity contribution in [3.63, 3.8) is 0 Å². The van der Waals surface area contributed by atoms with Crippen molar-refractivity contribution in [1.29, 1.82) is 0 Å². The summed E-state index contributed by atoms with van der Waals surface area (Å²) in [5.74, 6) is 0.880. The minimum absolute atomic E-state index is 0.0352. The van der Waals surface area contributed by atoms with Gasteiger partial charge in [0.2, 0.25) is 0 Å². The highest BCUT2D eigenvalue weighted by Gasteiger charge is 2.19. The molecule has 2 rings (SSSR count). The molecule has 1 fully saturated rings. The first-order chi connectivity index (χ1) is 10.7. The van der Waals surface area contributed by atoms with Crippen molar-refractivity contribution in [2.75, 3.05) is 26.2 Å². The van der Waals surface area contributed by atoms with E-state index in [-0.39, 0.29) is 18.6 Å². The first-order valence-electron chi connectivity index (χ1n) is 8.39. The number of urea groups is 1. The topological polar surface area (TPSA) is 52.6 Å². The van der Waals surface area contributed by atoms with Crippen molar-refractivity contribution >= 4 is 6.03 Å². The van der Waals surface area contributed by atoms with Crippen molar-refractivity contribution in [3.05, 3.63) is 35.9 Å². The van der Waals surface area contributed by atoms with Gasteiger partial charge in [-0.1, -0.05) is 37.3 Å². The summed E-state index contributed by atoms with van der Waals surface area (Å²) >= 11 is 0. The monoisotopic (exact) mass is 304 g/mol. The van der Waals surface area contributed by atoms with E-state index in [1.165, 1.54) is 12.0 Å². The summed E-state index contributed by atoms with van der Waals surface area (Å²) in [4.78, 5) is 14.3. The van der Waals surface area contributed by atoms with Gasteiger partial charge in [0.25, 0.3) is 0 Å². The van der Waals surface area contributed by atoms with E-state index in [4.69, 9.17) is 0 Å². The maximum absolute atomic E-state index is 12.3. The Morgan fingerprint density at radius 1 is 1.32 bits per heavy atom. The standard InChI is InChI=1S/C18H28N2O2/c1-15-6-5-11-20(12-9-15)18(22)19-14-17(10-13-21)16-7-3-2-4-8-16/h2-4,7-8,15,17,21H,5-6,9-14H2,1H3,(H,19,22). The lowest BCUT2D eigenvalue weighted by molar-refractivity contribution is 0.197. The smallest absolute Gasteiger partial charge is 0.317 e. The second kappa shape index (κ2) is 8.79. The molecule has 0 radical (unpaired) electrons. The summed E-state index contributed by atoms with van der Waals surface area (Å²) < 4.78 is 0. The number of nitrogens with zero attached hydrogens (tertiary/aromatic N) is 1. The number of amides is 2. The number of aliphatic hydroxyl groups excluding tert-OH is 1. The van der Waals surface area contributed by atoms with Crippen LogP contribution in [0.25, 0.3) is 0 Å². The van der Waals surface area contributed by atoms with Crippen LogP contribution in [-0.4, -0.2) is 42.3 Å². The molecule has 0 saturated carbocycles. The van der Waals surface area contributed by atoms with Gasteiger partial charge in [-0.3, -0.25) is 0 Å². The molecule has 4 heteroatoms. The Morgan fingerprint density at radius 2 is 2.09 bits per heavy atom. The fourth-order valence-electron chi connectivity index (χ4n) is 3.06. The largest absolute Gasteiger partial charge is 0.396 e. The van der Waals surface area contributed by atoms with Gasteiger partial charge in [-0.05, 0) is 37.2 Å². The molecular weight excluding hydrogens is 276 g/mol. The van der Waals surface area contributed by atoms with Gasteiger partial charge in [0, 0.05) is 32.2 Å². The number of hydrogen-bond donors (Lipinski definition) is 2. The number of likely N-dealkylation sites (tertiary alicyclic amines) is 1. The highest BCUT2D eigenvalue weighted by atomic mass is 16.3. The van der Waals surface area contributed by atoms with Crippen LogP contribution in [0.15, 0.2) is 30.3 Å². The Kier molecular flexibility index (Phi) is 6.72. The van der Waals surface area contributed by atoms with Crippen molar-refractivity contribution in [2.45, 2.75) is 38.5 Å². The Balaban J connectivity index is 1.87. The lowest BCUT2D eigenvalue weighted by atomic mass is 9.96. The number of carbonyl (C=O) groups excluding carboxylic acids is 1. The van der Waals surface area contributed by atoms with E-state index in [1.807, 2.05) is 23.1 Å². The van der Waals surface area contributed by atoms with Gasteiger partial charge in [0.1, 0.15) is 0 Å². The summed E-state index contributed by atoms with van der Waals surface area (Å²) in [6.45, 7) is 4.68. The summed E-state index contributed by atoms with van der Waals surface area (Å²) in [7, 11) is 0. The van der Waals surface area contributed by atoms with E-state index in [0.717, 1.165) is 25.9 Å².